The number of aryl methyl sites for hydroxylation is 2. The third-order valence-corrected chi connectivity index (χ3v) is 5.30. The van der Waals surface area contributed by atoms with E-state index < -0.39 is 5.91 Å². The van der Waals surface area contributed by atoms with E-state index in [2.05, 4.69) is 10.6 Å². The van der Waals surface area contributed by atoms with Crippen LogP contribution in [0, 0.1) is 25.2 Å². The monoisotopic (exact) mass is 493 g/mol. The lowest BCUT2D eigenvalue weighted by Crippen LogP contribution is -2.20. The molecule has 0 aliphatic rings. The zero-order valence-electron chi connectivity index (χ0n) is 18.5. The number of carbonyl (C=O) groups excluding carboxylic acids is 2. The predicted octanol–water partition coefficient (Wildman–Crippen LogP) is 6.17. The van der Waals surface area contributed by atoms with Gasteiger partial charge < -0.3 is 15.4 Å². The fraction of sp³-hybridized carbons (Fsp3) is 0.115. The molecule has 0 aromatic heterocycles. The topological polar surface area (TPSA) is 91.2 Å². The Hall–Kier alpha value is -3.79. The minimum Gasteiger partial charge on any atom is -0.481 e. The van der Waals surface area contributed by atoms with Crippen molar-refractivity contribution in [1.82, 2.24) is 0 Å². The summed E-state index contributed by atoms with van der Waals surface area (Å²) in [5, 5.41) is 15.2. The first-order valence-corrected chi connectivity index (χ1v) is 11.0. The molecular weight excluding hydrogens is 473 g/mol. The van der Waals surface area contributed by atoms with E-state index in [1.165, 1.54) is 18.2 Å². The average Bonchev–Trinajstić information content (AvgIpc) is 2.78. The van der Waals surface area contributed by atoms with Gasteiger partial charge in [0, 0.05) is 11.4 Å². The van der Waals surface area contributed by atoms with Crippen molar-refractivity contribution in [3.63, 3.8) is 0 Å². The Morgan fingerprint density at radius 1 is 1.00 bits per heavy atom. The van der Waals surface area contributed by atoms with Crippen molar-refractivity contribution >= 4 is 52.5 Å². The van der Waals surface area contributed by atoms with Gasteiger partial charge in [-0.1, -0.05) is 53.5 Å². The smallest absolute Gasteiger partial charge is 0.266 e. The van der Waals surface area contributed by atoms with Gasteiger partial charge in [-0.3, -0.25) is 9.59 Å². The van der Waals surface area contributed by atoms with Gasteiger partial charge in [-0.2, -0.15) is 5.26 Å². The Kier molecular flexibility index (Phi) is 8.31. The van der Waals surface area contributed by atoms with Crippen molar-refractivity contribution in [2.24, 2.45) is 0 Å². The van der Waals surface area contributed by atoms with Crippen LogP contribution in [0.15, 0.2) is 66.2 Å². The van der Waals surface area contributed by atoms with Gasteiger partial charge in [0.2, 0.25) is 0 Å². The summed E-state index contributed by atoms with van der Waals surface area (Å²) in [6.45, 7) is 3.47. The molecule has 0 aliphatic heterocycles. The third-order valence-electron chi connectivity index (χ3n) is 4.74. The molecule has 3 rings (SSSR count). The summed E-state index contributed by atoms with van der Waals surface area (Å²) in [6.07, 6.45) is 1.37. The number of anilines is 2. The average molecular weight is 494 g/mol. The highest BCUT2D eigenvalue weighted by Crippen LogP contribution is 2.35. The van der Waals surface area contributed by atoms with Crippen LogP contribution in [0.1, 0.15) is 16.7 Å². The quantitative estimate of drug-likeness (QED) is 0.304. The summed E-state index contributed by atoms with van der Waals surface area (Å²) < 4.78 is 5.52. The van der Waals surface area contributed by atoms with E-state index >= 15 is 0 Å². The molecule has 0 heterocycles. The second kappa shape index (κ2) is 11.4. The highest BCUT2D eigenvalue weighted by atomic mass is 35.5. The van der Waals surface area contributed by atoms with Crippen molar-refractivity contribution < 1.29 is 14.3 Å². The SMILES string of the molecule is Cc1cccc(NC(=O)COc2c(Cl)cc(/C=C(/C#N)C(=O)Nc3ccccc3C)cc2Cl)c1. The number of nitrogens with zero attached hydrogens (tertiary/aromatic N) is 1. The predicted molar refractivity (Wildman–Crippen MR) is 135 cm³/mol. The van der Waals surface area contributed by atoms with Crippen LogP contribution >= 0.6 is 23.2 Å². The number of para-hydroxylation sites is 1. The van der Waals surface area contributed by atoms with Crippen LogP contribution in [-0.2, 0) is 9.59 Å². The Balaban J connectivity index is 1.70. The standard InChI is InChI=1S/C26H21Cl2N3O3/c1-16-6-5-8-20(10-16)30-24(32)15-34-25-21(27)12-18(13-22(25)28)11-19(14-29)26(33)31-23-9-4-3-7-17(23)2/h3-13H,15H2,1-2H3,(H,30,32)(H,31,33)/b19-11-. The van der Waals surface area contributed by atoms with Crippen LogP contribution in [0.5, 0.6) is 5.75 Å². The number of nitriles is 1. The third kappa shape index (κ3) is 6.61. The maximum atomic E-state index is 12.5. The van der Waals surface area contributed by atoms with Crippen molar-refractivity contribution in [2.75, 3.05) is 17.2 Å². The number of ether oxygens (including phenoxy) is 1. The number of nitrogens with one attached hydrogen (secondary N) is 2. The molecule has 0 atom stereocenters. The van der Waals surface area contributed by atoms with Crippen LogP contribution in [-0.4, -0.2) is 18.4 Å². The normalized spacial score (nSPS) is 10.9. The molecule has 2 amide bonds. The summed E-state index contributed by atoms with van der Waals surface area (Å²) in [7, 11) is 0. The van der Waals surface area contributed by atoms with Gasteiger partial charge in [0.1, 0.15) is 11.6 Å². The first-order valence-electron chi connectivity index (χ1n) is 10.2. The van der Waals surface area contributed by atoms with Crippen LogP contribution in [0.4, 0.5) is 11.4 Å². The van der Waals surface area contributed by atoms with Gasteiger partial charge in [0.05, 0.1) is 10.0 Å². The molecule has 3 aromatic rings. The van der Waals surface area contributed by atoms with Gasteiger partial charge in [-0.05, 0) is 66.9 Å². The van der Waals surface area contributed by atoms with Gasteiger partial charge >= 0.3 is 0 Å². The number of hydrogen-bond acceptors (Lipinski definition) is 4. The molecule has 0 saturated heterocycles. The molecule has 0 radical (unpaired) electrons. The fourth-order valence-corrected chi connectivity index (χ4v) is 3.69. The van der Waals surface area contributed by atoms with E-state index in [4.69, 9.17) is 27.9 Å². The molecule has 3 aromatic carbocycles. The van der Waals surface area contributed by atoms with E-state index in [9.17, 15) is 14.9 Å². The van der Waals surface area contributed by atoms with Crippen molar-refractivity contribution in [3.05, 3.63) is 93.0 Å². The molecule has 6 nitrogen and oxygen atoms in total. The van der Waals surface area contributed by atoms with Crippen LogP contribution in [0.2, 0.25) is 10.0 Å². The highest BCUT2D eigenvalue weighted by molar-refractivity contribution is 6.37. The molecule has 0 saturated carbocycles. The number of amides is 2. The number of rotatable bonds is 7. The molecule has 0 bridgehead atoms. The van der Waals surface area contributed by atoms with Gasteiger partial charge in [-0.15, -0.1) is 0 Å². The molecule has 0 unspecified atom stereocenters. The molecule has 0 fully saturated rings. The molecule has 2 N–H and O–H groups in total. The second-order valence-corrected chi connectivity index (χ2v) is 8.27. The van der Waals surface area contributed by atoms with Crippen LogP contribution < -0.4 is 15.4 Å². The Bertz CT molecular complexity index is 1290. The lowest BCUT2D eigenvalue weighted by molar-refractivity contribution is -0.118. The summed E-state index contributed by atoms with van der Waals surface area (Å²) >= 11 is 12.6. The van der Waals surface area contributed by atoms with Crippen LogP contribution in [0.3, 0.4) is 0 Å². The van der Waals surface area contributed by atoms with E-state index in [1.807, 2.05) is 50.2 Å². The molecule has 172 valence electrons. The molecular formula is C26H21Cl2N3O3. The fourth-order valence-electron chi connectivity index (χ4n) is 3.08. The zero-order chi connectivity index (χ0) is 24.7. The number of benzene rings is 3. The zero-order valence-corrected chi connectivity index (χ0v) is 20.0. The first-order chi connectivity index (χ1) is 16.3. The summed E-state index contributed by atoms with van der Waals surface area (Å²) in [4.78, 5) is 24.8. The summed E-state index contributed by atoms with van der Waals surface area (Å²) in [5.41, 5.74) is 3.45. The Labute approximate surface area is 207 Å². The van der Waals surface area contributed by atoms with Crippen molar-refractivity contribution in [2.45, 2.75) is 13.8 Å². The molecule has 8 heteroatoms. The first kappa shape index (κ1) is 24.8. The second-order valence-electron chi connectivity index (χ2n) is 7.46. The van der Waals surface area contributed by atoms with E-state index in [0.29, 0.717) is 16.9 Å². The lowest BCUT2D eigenvalue weighted by Gasteiger charge is -2.12. The van der Waals surface area contributed by atoms with E-state index in [-0.39, 0.29) is 33.9 Å². The highest BCUT2D eigenvalue weighted by Gasteiger charge is 2.15. The maximum absolute atomic E-state index is 12.5. The summed E-state index contributed by atoms with van der Waals surface area (Å²) in [6, 6.07) is 19.5. The Morgan fingerprint density at radius 2 is 1.71 bits per heavy atom. The largest absolute Gasteiger partial charge is 0.481 e. The molecule has 34 heavy (non-hydrogen) atoms. The number of carbonyl (C=O) groups is 2. The van der Waals surface area contributed by atoms with Crippen LogP contribution in [0.25, 0.3) is 6.08 Å². The maximum Gasteiger partial charge on any atom is 0.266 e. The lowest BCUT2D eigenvalue weighted by atomic mass is 10.1. The van der Waals surface area contributed by atoms with Crippen molar-refractivity contribution in [1.29, 1.82) is 5.26 Å². The van der Waals surface area contributed by atoms with E-state index in [0.717, 1.165) is 11.1 Å². The minimum atomic E-state index is -0.558. The number of hydrogen-bond donors (Lipinski definition) is 2. The van der Waals surface area contributed by atoms with Gasteiger partial charge in [0.15, 0.2) is 12.4 Å². The minimum absolute atomic E-state index is 0.124. The summed E-state index contributed by atoms with van der Waals surface area (Å²) in [5.74, 6) is -0.804. The molecule has 0 spiro atoms. The van der Waals surface area contributed by atoms with Crippen molar-refractivity contribution in [3.8, 4) is 11.8 Å². The van der Waals surface area contributed by atoms with Gasteiger partial charge in [0.25, 0.3) is 11.8 Å². The number of halogens is 2. The Morgan fingerprint density at radius 3 is 2.35 bits per heavy atom. The van der Waals surface area contributed by atoms with E-state index in [1.54, 1.807) is 18.2 Å². The van der Waals surface area contributed by atoms with Gasteiger partial charge in [-0.25, -0.2) is 0 Å². The molecule has 0 aliphatic carbocycles.